The maximum Gasteiger partial charge on any atom is 0.315 e. The molecule has 0 radical (unpaired) electrons. The van der Waals surface area contributed by atoms with Gasteiger partial charge in [-0.3, -0.25) is 4.79 Å². The van der Waals surface area contributed by atoms with Crippen molar-refractivity contribution in [2.24, 2.45) is 5.73 Å². The zero-order valence-electron chi connectivity index (χ0n) is 8.36. The van der Waals surface area contributed by atoms with Gasteiger partial charge in [0.05, 0.1) is 0 Å². The number of nitrogens with two attached hydrogens (primary N) is 1. The highest BCUT2D eigenvalue weighted by Gasteiger charge is 2.10. The van der Waals surface area contributed by atoms with Crippen LogP contribution >= 0.6 is 11.6 Å². The number of carbonyl (C=O) groups is 1. The Morgan fingerprint density at radius 3 is 3.00 bits per heavy atom. The number of halogens is 1. The van der Waals surface area contributed by atoms with Gasteiger partial charge in [0.25, 0.3) is 0 Å². The Kier molecular flexibility index (Phi) is 4.36. The minimum atomic E-state index is -0.379. The monoisotopic (exact) mass is 232 g/mol. The van der Waals surface area contributed by atoms with E-state index < -0.39 is 0 Å². The summed E-state index contributed by atoms with van der Waals surface area (Å²) in [6.07, 6.45) is 0.744. The summed E-state index contributed by atoms with van der Waals surface area (Å²) < 4.78 is 5.21. The summed E-state index contributed by atoms with van der Waals surface area (Å²) in [6, 6.07) is 0.149. The molecule has 7 heteroatoms. The molecule has 1 amide bonds. The number of aryl methyl sites for hydroxylation is 1. The molecule has 6 nitrogen and oxygen atoms in total. The molecule has 0 bridgehead atoms. The van der Waals surface area contributed by atoms with Crippen LogP contribution in [0.4, 0.5) is 6.01 Å². The normalized spacial score (nSPS) is 12.4. The molecule has 1 aromatic heterocycles. The Hall–Kier alpha value is -1.30. The minimum Gasteiger partial charge on any atom is -0.408 e. The molecule has 3 N–H and O–H groups in total. The molecule has 0 fully saturated rings. The van der Waals surface area contributed by atoms with Gasteiger partial charge in [-0.2, -0.15) is 0 Å². The van der Waals surface area contributed by atoms with E-state index in [9.17, 15) is 4.79 Å². The van der Waals surface area contributed by atoms with Crippen LogP contribution in [0.25, 0.3) is 0 Å². The third-order valence-corrected chi connectivity index (χ3v) is 1.84. The van der Waals surface area contributed by atoms with E-state index >= 15 is 0 Å². The maximum atomic E-state index is 10.6. The van der Waals surface area contributed by atoms with Crippen molar-refractivity contribution in [2.45, 2.75) is 25.8 Å². The highest BCUT2D eigenvalue weighted by atomic mass is 35.5. The summed E-state index contributed by atoms with van der Waals surface area (Å²) in [4.78, 5) is 10.6. The number of alkyl halides is 1. The number of anilines is 1. The summed E-state index contributed by atoms with van der Waals surface area (Å²) in [5.41, 5.74) is 5.04. The van der Waals surface area contributed by atoms with Gasteiger partial charge in [-0.1, -0.05) is 5.10 Å². The quantitative estimate of drug-likeness (QED) is 0.698. The molecule has 84 valence electrons. The first-order chi connectivity index (χ1) is 7.11. The fourth-order valence-corrected chi connectivity index (χ4v) is 1.22. The Labute approximate surface area is 92.2 Å². The van der Waals surface area contributed by atoms with E-state index in [1.807, 2.05) is 0 Å². The number of rotatable bonds is 6. The van der Waals surface area contributed by atoms with Crippen molar-refractivity contribution in [3.05, 3.63) is 5.89 Å². The molecule has 1 heterocycles. The fraction of sp³-hybridized carbons (Fsp3) is 0.625. The molecule has 0 saturated heterocycles. The van der Waals surface area contributed by atoms with Gasteiger partial charge in [-0.25, -0.2) is 0 Å². The number of aromatic nitrogens is 2. The molecule has 1 atom stereocenters. The van der Waals surface area contributed by atoms with Gasteiger partial charge in [0.2, 0.25) is 11.8 Å². The number of amides is 1. The highest BCUT2D eigenvalue weighted by molar-refractivity contribution is 6.17. The van der Waals surface area contributed by atoms with Crippen molar-refractivity contribution in [1.29, 1.82) is 0 Å². The molecular weight excluding hydrogens is 220 g/mol. The zero-order chi connectivity index (χ0) is 11.3. The maximum absolute atomic E-state index is 10.6. The Bertz CT molecular complexity index is 328. The second-order valence-electron chi connectivity index (χ2n) is 3.16. The van der Waals surface area contributed by atoms with E-state index in [1.165, 1.54) is 0 Å². The number of carbonyl (C=O) groups excluding carboxylic acids is 1. The first-order valence-electron chi connectivity index (χ1n) is 4.55. The Balaban J connectivity index is 2.45. The molecule has 15 heavy (non-hydrogen) atoms. The van der Waals surface area contributed by atoms with Gasteiger partial charge in [-0.15, -0.1) is 16.7 Å². The molecule has 1 aromatic rings. The molecule has 0 aliphatic heterocycles. The number of hydrogen-bond donors (Lipinski definition) is 2. The van der Waals surface area contributed by atoms with Crippen LogP contribution in [0.3, 0.4) is 0 Å². The summed E-state index contributed by atoms with van der Waals surface area (Å²) in [7, 11) is 0. The fourth-order valence-electron chi connectivity index (χ4n) is 1.06. The number of hydrogen-bond acceptors (Lipinski definition) is 5. The van der Waals surface area contributed by atoms with Gasteiger partial charge >= 0.3 is 6.01 Å². The Morgan fingerprint density at radius 2 is 2.40 bits per heavy atom. The molecule has 0 spiro atoms. The van der Waals surface area contributed by atoms with Gasteiger partial charge in [0.15, 0.2) is 0 Å². The molecule has 1 rings (SSSR count). The van der Waals surface area contributed by atoms with Crippen LogP contribution in [-0.2, 0) is 11.2 Å². The second kappa shape index (κ2) is 5.55. The van der Waals surface area contributed by atoms with Gasteiger partial charge in [-0.05, 0) is 6.92 Å². The van der Waals surface area contributed by atoms with Crippen LogP contribution in [0.2, 0.25) is 0 Å². The number of nitrogens with zero attached hydrogens (tertiary/aromatic N) is 2. The van der Waals surface area contributed by atoms with E-state index in [-0.39, 0.29) is 24.4 Å². The molecular formula is C8H13ClN4O2. The summed E-state index contributed by atoms with van der Waals surface area (Å²) in [5.74, 6) is 0.521. The van der Waals surface area contributed by atoms with Crippen molar-refractivity contribution in [3.8, 4) is 0 Å². The van der Waals surface area contributed by atoms with Crippen LogP contribution in [0.5, 0.6) is 0 Å². The number of primary amides is 1. The topological polar surface area (TPSA) is 94.0 Å². The second-order valence-corrected chi connectivity index (χ2v) is 3.53. The zero-order valence-corrected chi connectivity index (χ0v) is 9.12. The minimum absolute atomic E-state index is 0.133. The molecule has 0 saturated carbocycles. The molecule has 1 unspecified atom stereocenters. The lowest BCUT2D eigenvalue weighted by Crippen LogP contribution is -2.24. The van der Waals surface area contributed by atoms with Crippen LogP contribution in [-0.4, -0.2) is 28.0 Å². The highest BCUT2D eigenvalue weighted by Crippen LogP contribution is 2.08. The summed E-state index contributed by atoms with van der Waals surface area (Å²) in [6.45, 7) is 1.80. The van der Waals surface area contributed by atoms with Crippen molar-refractivity contribution in [3.63, 3.8) is 0 Å². The largest absolute Gasteiger partial charge is 0.408 e. The van der Waals surface area contributed by atoms with E-state index in [1.54, 1.807) is 6.92 Å². The lowest BCUT2D eigenvalue weighted by atomic mass is 10.2. The van der Waals surface area contributed by atoms with Crippen LogP contribution < -0.4 is 11.1 Å². The van der Waals surface area contributed by atoms with E-state index in [2.05, 4.69) is 15.5 Å². The average Bonchev–Trinajstić information content (AvgIpc) is 2.51. The van der Waals surface area contributed by atoms with Gasteiger partial charge in [0, 0.05) is 24.8 Å². The standard InChI is InChI=1S/C8H13ClN4O2/c1-5(4-6(10)14)11-8-13-12-7(15-8)2-3-9/h5H,2-4H2,1H3,(H2,10,14)(H,11,13). The third-order valence-electron chi connectivity index (χ3n) is 1.65. The van der Waals surface area contributed by atoms with Crippen molar-refractivity contribution >= 4 is 23.5 Å². The number of nitrogens with one attached hydrogen (secondary N) is 1. The van der Waals surface area contributed by atoms with Crippen LogP contribution in [0.1, 0.15) is 19.2 Å². The van der Waals surface area contributed by atoms with Crippen LogP contribution in [0, 0.1) is 0 Å². The predicted octanol–water partition coefficient (Wildman–Crippen LogP) is 0.527. The van der Waals surface area contributed by atoms with Crippen molar-refractivity contribution in [2.75, 3.05) is 11.2 Å². The average molecular weight is 233 g/mol. The van der Waals surface area contributed by atoms with Crippen molar-refractivity contribution in [1.82, 2.24) is 10.2 Å². The first kappa shape index (κ1) is 11.8. The lowest BCUT2D eigenvalue weighted by Gasteiger charge is -2.08. The first-order valence-corrected chi connectivity index (χ1v) is 5.08. The van der Waals surface area contributed by atoms with E-state index in [0.717, 1.165) is 0 Å². The van der Waals surface area contributed by atoms with E-state index in [0.29, 0.717) is 18.2 Å². The summed E-state index contributed by atoms with van der Waals surface area (Å²) in [5, 5.41) is 10.4. The van der Waals surface area contributed by atoms with Gasteiger partial charge < -0.3 is 15.5 Å². The van der Waals surface area contributed by atoms with Gasteiger partial charge in [0.1, 0.15) is 0 Å². The molecule has 0 aromatic carbocycles. The molecule has 0 aliphatic carbocycles. The van der Waals surface area contributed by atoms with Crippen molar-refractivity contribution < 1.29 is 9.21 Å². The Morgan fingerprint density at radius 1 is 1.67 bits per heavy atom. The lowest BCUT2D eigenvalue weighted by molar-refractivity contribution is -0.118. The third kappa shape index (κ3) is 4.16. The predicted molar refractivity (Wildman–Crippen MR) is 55.6 cm³/mol. The molecule has 0 aliphatic rings. The summed E-state index contributed by atoms with van der Waals surface area (Å²) >= 11 is 5.51. The smallest absolute Gasteiger partial charge is 0.315 e. The SMILES string of the molecule is CC(CC(N)=O)Nc1nnc(CCCl)o1. The van der Waals surface area contributed by atoms with E-state index in [4.69, 9.17) is 21.8 Å². The van der Waals surface area contributed by atoms with Crippen LogP contribution in [0.15, 0.2) is 4.42 Å².